The van der Waals surface area contributed by atoms with E-state index in [4.69, 9.17) is 9.26 Å². The zero-order valence-corrected chi connectivity index (χ0v) is 16.9. The second-order valence-electron chi connectivity index (χ2n) is 7.32. The number of ether oxygens (including phenoxy) is 1. The van der Waals surface area contributed by atoms with Crippen molar-refractivity contribution < 1.29 is 18.8 Å². The summed E-state index contributed by atoms with van der Waals surface area (Å²) in [6, 6.07) is 5.76. The lowest BCUT2D eigenvalue weighted by Crippen LogP contribution is -2.42. The lowest BCUT2D eigenvalue weighted by Gasteiger charge is -2.25. The molecule has 7 heteroatoms. The van der Waals surface area contributed by atoms with Crippen molar-refractivity contribution in [2.75, 3.05) is 25.0 Å². The Balaban J connectivity index is 1.77. The van der Waals surface area contributed by atoms with Crippen LogP contribution in [-0.4, -0.2) is 47.7 Å². The molecule has 1 aromatic carbocycles. The number of benzene rings is 1. The zero-order chi connectivity index (χ0) is 20.3. The van der Waals surface area contributed by atoms with E-state index in [0.717, 1.165) is 29.7 Å². The van der Waals surface area contributed by atoms with E-state index >= 15 is 0 Å². The average Bonchev–Trinajstić information content (AvgIpc) is 3.27. The van der Waals surface area contributed by atoms with Crippen LogP contribution in [0.5, 0.6) is 0 Å². The van der Waals surface area contributed by atoms with E-state index < -0.39 is 0 Å². The highest BCUT2D eigenvalue weighted by Crippen LogP contribution is 2.20. The molecule has 2 aromatic rings. The smallest absolute Gasteiger partial charge is 0.259 e. The van der Waals surface area contributed by atoms with Crippen molar-refractivity contribution in [1.29, 1.82) is 0 Å². The number of nitrogens with zero attached hydrogens (tertiary/aromatic N) is 2. The third-order valence-electron chi connectivity index (χ3n) is 5.20. The first-order valence-corrected chi connectivity index (χ1v) is 9.56. The van der Waals surface area contributed by atoms with E-state index in [2.05, 4.69) is 10.5 Å². The van der Waals surface area contributed by atoms with Crippen LogP contribution >= 0.6 is 0 Å². The van der Waals surface area contributed by atoms with Crippen molar-refractivity contribution in [2.45, 2.75) is 46.6 Å². The van der Waals surface area contributed by atoms with Crippen LogP contribution in [0.3, 0.4) is 0 Å². The van der Waals surface area contributed by atoms with Crippen LogP contribution < -0.4 is 5.32 Å². The number of carbonyl (C=O) groups excluding carboxylic acids is 2. The predicted octanol–water partition coefficient (Wildman–Crippen LogP) is 3.17. The number of rotatable bonds is 6. The fourth-order valence-electron chi connectivity index (χ4n) is 3.45. The number of aromatic nitrogens is 1. The molecular weight excluding hydrogens is 358 g/mol. The summed E-state index contributed by atoms with van der Waals surface area (Å²) in [5.41, 5.74) is 3.80. The van der Waals surface area contributed by atoms with Crippen LogP contribution in [0, 0.1) is 27.7 Å². The second kappa shape index (κ2) is 8.56. The van der Waals surface area contributed by atoms with Gasteiger partial charge in [-0.1, -0.05) is 17.3 Å². The number of aryl methyl sites for hydroxylation is 3. The summed E-state index contributed by atoms with van der Waals surface area (Å²) in [5, 5.41) is 6.79. The molecule has 0 radical (unpaired) electrons. The van der Waals surface area contributed by atoms with Gasteiger partial charge < -0.3 is 19.5 Å². The monoisotopic (exact) mass is 385 g/mol. The fourth-order valence-corrected chi connectivity index (χ4v) is 3.45. The molecule has 0 spiro atoms. The molecule has 1 atom stereocenters. The van der Waals surface area contributed by atoms with E-state index in [-0.39, 0.29) is 24.5 Å². The zero-order valence-electron chi connectivity index (χ0n) is 16.9. The van der Waals surface area contributed by atoms with Gasteiger partial charge in [0.2, 0.25) is 5.91 Å². The molecule has 2 heterocycles. The Bertz CT molecular complexity index is 849. The van der Waals surface area contributed by atoms with Gasteiger partial charge in [-0.3, -0.25) is 9.59 Å². The summed E-state index contributed by atoms with van der Waals surface area (Å²) in [5.74, 6) is -0.0514. The summed E-state index contributed by atoms with van der Waals surface area (Å²) < 4.78 is 10.8. The van der Waals surface area contributed by atoms with Crippen LogP contribution in [0.4, 0.5) is 5.69 Å². The van der Waals surface area contributed by atoms with Crippen LogP contribution in [0.25, 0.3) is 0 Å². The Kier molecular flexibility index (Phi) is 6.14. The molecule has 1 fully saturated rings. The maximum absolute atomic E-state index is 13.1. The quantitative estimate of drug-likeness (QED) is 0.826. The lowest BCUT2D eigenvalue weighted by atomic mass is 10.1. The lowest BCUT2D eigenvalue weighted by molar-refractivity contribution is -0.117. The molecule has 1 N–H and O–H groups in total. The highest BCUT2D eigenvalue weighted by molar-refractivity contribution is 6.00. The molecule has 1 aliphatic heterocycles. The largest absolute Gasteiger partial charge is 0.376 e. The number of hydrogen-bond donors (Lipinski definition) is 1. The van der Waals surface area contributed by atoms with E-state index in [1.807, 2.05) is 32.0 Å². The molecule has 7 nitrogen and oxygen atoms in total. The summed E-state index contributed by atoms with van der Waals surface area (Å²) in [6.45, 7) is 8.38. The minimum atomic E-state index is -0.261. The molecule has 28 heavy (non-hydrogen) atoms. The summed E-state index contributed by atoms with van der Waals surface area (Å²) in [7, 11) is 0. The van der Waals surface area contributed by atoms with Crippen molar-refractivity contribution in [3.8, 4) is 0 Å². The van der Waals surface area contributed by atoms with Crippen LogP contribution in [0.1, 0.15) is 45.8 Å². The number of nitrogens with one attached hydrogen (secondary N) is 1. The predicted molar refractivity (Wildman–Crippen MR) is 105 cm³/mol. The number of amides is 2. The third kappa shape index (κ3) is 4.42. The minimum Gasteiger partial charge on any atom is -0.376 e. The third-order valence-corrected chi connectivity index (χ3v) is 5.20. The van der Waals surface area contributed by atoms with E-state index in [0.29, 0.717) is 30.2 Å². The van der Waals surface area contributed by atoms with E-state index in [9.17, 15) is 9.59 Å². The maximum Gasteiger partial charge on any atom is 0.259 e. The van der Waals surface area contributed by atoms with Gasteiger partial charge in [0.15, 0.2) is 0 Å². The van der Waals surface area contributed by atoms with E-state index in [1.165, 1.54) is 4.90 Å². The first-order valence-electron chi connectivity index (χ1n) is 9.56. The molecule has 0 aliphatic carbocycles. The SMILES string of the molecule is Cc1cccc(NC(=O)CN(C[C@H]2CCCO2)C(=O)c2c(C)noc2C)c1C. The summed E-state index contributed by atoms with van der Waals surface area (Å²) in [4.78, 5) is 27.4. The molecule has 150 valence electrons. The van der Waals surface area contributed by atoms with Crippen molar-refractivity contribution in [2.24, 2.45) is 0 Å². The minimum absolute atomic E-state index is 0.0575. The Morgan fingerprint density at radius 2 is 2.04 bits per heavy atom. The molecular formula is C21H27N3O4. The summed E-state index contributed by atoms with van der Waals surface area (Å²) >= 11 is 0. The fraction of sp³-hybridized carbons (Fsp3) is 0.476. The van der Waals surface area contributed by atoms with Crippen LogP contribution in [0.2, 0.25) is 0 Å². The molecule has 1 aliphatic rings. The first kappa shape index (κ1) is 20.1. The molecule has 1 saturated heterocycles. The number of hydrogen-bond acceptors (Lipinski definition) is 5. The van der Waals surface area contributed by atoms with Gasteiger partial charge in [0.05, 0.1) is 11.8 Å². The normalized spacial score (nSPS) is 16.2. The number of carbonyl (C=O) groups is 2. The Labute approximate surface area is 165 Å². The van der Waals surface area contributed by atoms with Gasteiger partial charge in [-0.15, -0.1) is 0 Å². The molecule has 3 rings (SSSR count). The maximum atomic E-state index is 13.1. The first-order chi connectivity index (χ1) is 13.4. The summed E-state index contributed by atoms with van der Waals surface area (Å²) in [6.07, 6.45) is 1.79. The molecule has 0 unspecified atom stereocenters. The molecule has 2 amide bonds. The topological polar surface area (TPSA) is 84.7 Å². The van der Waals surface area contributed by atoms with Gasteiger partial charge in [-0.25, -0.2) is 0 Å². The average molecular weight is 385 g/mol. The van der Waals surface area contributed by atoms with Crippen LogP contribution in [0.15, 0.2) is 22.7 Å². The molecule has 1 aromatic heterocycles. The Morgan fingerprint density at radius 1 is 1.25 bits per heavy atom. The van der Waals surface area contributed by atoms with Gasteiger partial charge in [0.1, 0.15) is 17.9 Å². The highest BCUT2D eigenvalue weighted by Gasteiger charge is 2.29. The Hall–Kier alpha value is -2.67. The van der Waals surface area contributed by atoms with Crippen molar-refractivity contribution in [3.63, 3.8) is 0 Å². The van der Waals surface area contributed by atoms with Gasteiger partial charge in [-0.2, -0.15) is 0 Å². The van der Waals surface area contributed by atoms with Gasteiger partial charge in [0.25, 0.3) is 5.91 Å². The molecule has 0 saturated carbocycles. The standard InChI is InChI=1S/C21H27N3O4/c1-13-7-5-9-18(14(13)2)22-19(25)12-24(11-17-8-6-10-27-17)21(26)20-15(3)23-28-16(20)4/h5,7,9,17H,6,8,10-12H2,1-4H3,(H,22,25)/t17-/m1/s1. The Morgan fingerprint density at radius 3 is 2.68 bits per heavy atom. The van der Waals surface area contributed by atoms with Crippen molar-refractivity contribution in [3.05, 3.63) is 46.3 Å². The van der Waals surface area contributed by atoms with Gasteiger partial charge in [-0.05, 0) is 57.7 Å². The van der Waals surface area contributed by atoms with E-state index in [1.54, 1.807) is 13.8 Å². The van der Waals surface area contributed by atoms with Gasteiger partial charge in [0, 0.05) is 18.8 Å². The number of anilines is 1. The van der Waals surface area contributed by atoms with Crippen molar-refractivity contribution in [1.82, 2.24) is 10.1 Å². The van der Waals surface area contributed by atoms with Crippen molar-refractivity contribution >= 4 is 17.5 Å². The van der Waals surface area contributed by atoms with Crippen LogP contribution in [-0.2, 0) is 9.53 Å². The highest BCUT2D eigenvalue weighted by atomic mass is 16.5. The molecule has 0 bridgehead atoms. The van der Waals surface area contributed by atoms with Gasteiger partial charge >= 0.3 is 0 Å². The second-order valence-corrected chi connectivity index (χ2v) is 7.32.